The molecule has 1 heterocycles. The van der Waals surface area contributed by atoms with Gasteiger partial charge in [-0.25, -0.2) is 4.68 Å². The molecule has 0 bridgehead atoms. The van der Waals surface area contributed by atoms with E-state index >= 15 is 0 Å². The second-order valence-electron chi connectivity index (χ2n) is 4.45. The first-order valence-electron chi connectivity index (χ1n) is 6.08. The molecule has 4 nitrogen and oxygen atoms in total. The molecule has 0 atom stereocenters. The van der Waals surface area contributed by atoms with Gasteiger partial charge in [-0.05, 0) is 36.4 Å². The van der Waals surface area contributed by atoms with Crippen molar-refractivity contribution in [3.05, 3.63) is 58.7 Å². The van der Waals surface area contributed by atoms with E-state index in [9.17, 15) is 10.2 Å². The number of halogens is 2. The summed E-state index contributed by atoms with van der Waals surface area (Å²) in [5, 5.41) is 24.0. The minimum atomic E-state index is 0.0951. The van der Waals surface area contributed by atoms with Crippen LogP contribution in [0.25, 0.3) is 16.9 Å². The fourth-order valence-corrected chi connectivity index (χ4v) is 2.53. The summed E-state index contributed by atoms with van der Waals surface area (Å²) in [6.07, 6.45) is 1.75. The van der Waals surface area contributed by atoms with Crippen LogP contribution in [0.15, 0.2) is 48.7 Å². The molecule has 0 amide bonds. The van der Waals surface area contributed by atoms with Crippen molar-refractivity contribution >= 4 is 23.2 Å². The molecule has 21 heavy (non-hydrogen) atoms. The zero-order valence-electron chi connectivity index (χ0n) is 10.7. The van der Waals surface area contributed by atoms with Gasteiger partial charge in [0.15, 0.2) is 0 Å². The van der Waals surface area contributed by atoms with E-state index in [0.717, 1.165) is 0 Å². The average molecular weight is 321 g/mol. The van der Waals surface area contributed by atoms with Crippen molar-refractivity contribution in [2.75, 3.05) is 0 Å². The van der Waals surface area contributed by atoms with Gasteiger partial charge < -0.3 is 10.2 Å². The number of nitrogens with zero attached hydrogens (tertiary/aromatic N) is 2. The maximum Gasteiger partial charge on any atom is 0.117 e. The molecule has 106 valence electrons. The van der Waals surface area contributed by atoms with E-state index in [1.165, 1.54) is 18.2 Å². The lowest BCUT2D eigenvalue weighted by Crippen LogP contribution is -1.96. The normalized spacial score (nSPS) is 10.8. The molecule has 0 aliphatic rings. The van der Waals surface area contributed by atoms with Crippen LogP contribution < -0.4 is 0 Å². The highest BCUT2D eigenvalue weighted by Gasteiger charge is 2.10. The predicted molar refractivity (Wildman–Crippen MR) is 82.3 cm³/mol. The molecule has 0 unspecified atom stereocenters. The number of phenols is 2. The highest BCUT2D eigenvalue weighted by molar-refractivity contribution is 6.33. The molecule has 0 radical (unpaired) electrons. The Morgan fingerprint density at radius 2 is 1.52 bits per heavy atom. The van der Waals surface area contributed by atoms with Gasteiger partial charge in [0.1, 0.15) is 11.5 Å². The summed E-state index contributed by atoms with van der Waals surface area (Å²) in [5.74, 6) is 0.197. The molecule has 0 fully saturated rings. The van der Waals surface area contributed by atoms with Gasteiger partial charge in [0.25, 0.3) is 0 Å². The second-order valence-corrected chi connectivity index (χ2v) is 5.26. The molecular formula is C15H10Cl2N2O2. The summed E-state index contributed by atoms with van der Waals surface area (Å²) < 4.78 is 1.60. The van der Waals surface area contributed by atoms with Gasteiger partial charge in [-0.3, -0.25) is 0 Å². The van der Waals surface area contributed by atoms with Crippen molar-refractivity contribution in [3.8, 4) is 28.4 Å². The lowest BCUT2D eigenvalue weighted by atomic mass is 10.1. The van der Waals surface area contributed by atoms with E-state index in [0.29, 0.717) is 27.0 Å². The first-order valence-corrected chi connectivity index (χ1v) is 6.83. The van der Waals surface area contributed by atoms with E-state index in [4.69, 9.17) is 23.2 Å². The summed E-state index contributed by atoms with van der Waals surface area (Å²) in [5.41, 5.74) is 2.02. The summed E-state index contributed by atoms with van der Waals surface area (Å²) in [4.78, 5) is 0. The fourth-order valence-electron chi connectivity index (χ4n) is 2.00. The third kappa shape index (κ3) is 2.68. The van der Waals surface area contributed by atoms with Gasteiger partial charge in [-0.15, -0.1) is 0 Å². The Morgan fingerprint density at radius 1 is 0.857 bits per heavy atom. The molecule has 3 rings (SSSR count). The molecule has 1 aromatic heterocycles. The summed E-state index contributed by atoms with van der Waals surface area (Å²) >= 11 is 12.2. The van der Waals surface area contributed by atoms with Crippen LogP contribution in [-0.4, -0.2) is 20.0 Å². The van der Waals surface area contributed by atoms with Gasteiger partial charge in [0.05, 0.1) is 21.4 Å². The standard InChI is InChI=1S/C15H10Cl2N2O2/c16-12-7-9(20)1-3-11(12)14-5-6-19(18-14)15-4-2-10(21)8-13(15)17/h1-8,20-21H. The zero-order valence-corrected chi connectivity index (χ0v) is 12.2. The first-order chi connectivity index (χ1) is 10.0. The minimum Gasteiger partial charge on any atom is -0.508 e. The molecule has 0 saturated carbocycles. The highest BCUT2D eigenvalue weighted by Crippen LogP contribution is 2.31. The van der Waals surface area contributed by atoms with E-state index in [1.807, 2.05) is 0 Å². The molecule has 2 N–H and O–H groups in total. The van der Waals surface area contributed by atoms with E-state index < -0.39 is 0 Å². The minimum absolute atomic E-state index is 0.0951. The van der Waals surface area contributed by atoms with Crippen LogP contribution in [-0.2, 0) is 0 Å². The molecule has 0 spiro atoms. The predicted octanol–water partition coefficient (Wildman–Crippen LogP) is 4.26. The Bertz CT molecular complexity index is 749. The largest absolute Gasteiger partial charge is 0.508 e. The second kappa shape index (κ2) is 5.31. The number of aromatic hydroxyl groups is 2. The zero-order chi connectivity index (χ0) is 15.0. The first kappa shape index (κ1) is 13.8. The Hall–Kier alpha value is -2.17. The third-order valence-corrected chi connectivity index (χ3v) is 3.61. The van der Waals surface area contributed by atoms with Crippen LogP contribution in [0.4, 0.5) is 0 Å². The molecule has 0 saturated heterocycles. The topological polar surface area (TPSA) is 58.3 Å². The summed E-state index contributed by atoms with van der Waals surface area (Å²) in [6, 6.07) is 11.2. The number of hydrogen-bond donors (Lipinski definition) is 2. The monoisotopic (exact) mass is 320 g/mol. The smallest absolute Gasteiger partial charge is 0.117 e. The quantitative estimate of drug-likeness (QED) is 0.741. The lowest BCUT2D eigenvalue weighted by Gasteiger charge is -2.05. The van der Waals surface area contributed by atoms with Crippen molar-refractivity contribution < 1.29 is 10.2 Å². The molecular weight excluding hydrogens is 311 g/mol. The Kier molecular flexibility index (Phi) is 3.49. The van der Waals surface area contributed by atoms with Crippen LogP contribution in [0.2, 0.25) is 10.0 Å². The molecule has 2 aromatic carbocycles. The van der Waals surface area contributed by atoms with Gasteiger partial charge in [0.2, 0.25) is 0 Å². The highest BCUT2D eigenvalue weighted by atomic mass is 35.5. The molecule has 0 aliphatic carbocycles. The van der Waals surface area contributed by atoms with Crippen LogP contribution in [0, 0.1) is 0 Å². The fraction of sp³-hybridized carbons (Fsp3) is 0. The van der Waals surface area contributed by atoms with Crippen LogP contribution >= 0.6 is 23.2 Å². The SMILES string of the molecule is Oc1ccc(-c2ccn(-c3ccc(O)cc3Cl)n2)c(Cl)c1. The number of benzene rings is 2. The third-order valence-electron chi connectivity index (χ3n) is 3.00. The molecule has 6 heteroatoms. The van der Waals surface area contributed by atoms with Crippen molar-refractivity contribution in [1.82, 2.24) is 9.78 Å². The van der Waals surface area contributed by atoms with Crippen molar-refractivity contribution in [3.63, 3.8) is 0 Å². The van der Waals surface area contributed by atoms with E-state index in [1.54, 1.807) is 35.1 Å². The number of hydrogen-bond acceptors (Lipinski definition) is 3. The van der Waals surface area contributed by atoms with Gasteiger partial charge >= 0.3 is 0 Å². The van der Waals surface area contributed by atoms with Crippen molar-refractivity contribution in [1.29, 1.82) is 0 Å². The average Bonchev–Trinajstić information content (AvgIpc) is 2.87. The number of rotatable bonds is 2. The Balaban J connectivity index is 2.03. The lowest BCUT2D eigenvalue weighted by molar-refractivity contribution is 0.475. The van der Waals surface area contributed by atoms with Gasteiger partial charge in [0, 0.05) is 17.8 Å². The maximum absolute atomic E-state index is 9.38. The van der Waals surface area contributed by atoms with Gasteiger partial charge in [-0.2, -0.15) is 5.10 Å². The Morgan fingerprint density at radius 3 is 2.19 bits per heavy atom. The Labute approximate surface area is 130 Å². The van der Waals surface area contributed by atoms with E-state index in [2.05, 4.69) is 5.10 Å². The van der Waals surface area contributed by atoms with Crippen LogP contribution in [0.5, 0.6) is 11.5 Å². The summed E-state index contributed by atoms with van der Waals surface area (Å²) in [6.45, 7) is 0. The van der Waals surface area contributed by atoms with Crippen LogP contribution in [0.3, 0.4) is 0 Å². The maximum atomic E-state index is 9.38. The molecule has 0 aliphatic heterocycles. The summed E-state index contributed by atoms with van der Waals surface area (Å²) in [7, 11) is 0. The number of aromatic nitrogens is 2. The van der Waals surface area contributed by atoms with Crippen molar-refractivity contribution in [2.45, 2.75) is 0 Å². The molecule has 3 aromatic rings. The number of phenolic OH excluding ortho intramolecular Hbond substituents is 2. The van der Waals surface area contributed by atoms with Crippen LogP contribution in [0.1, 0.15) is 0 Å². The van der Waals surface area contributed by atoms with Gasteiger partial charge in [-0.1, -0.05) is 23.2 Å². The van der Waals surface area contributed by atoms with Crippen molar-refractivity contribution in [2.24, 2.45) is 0 Å². The van der Waals surface area contributed by atoms with E-state index in [-0.39, 0.29) is 11.5 Å².